The minimum absolute atomic E-state index is 0.981. The van der Waals surface area contributed by atoms with Gasteiger partial charge in [-0.15, -0.1) is 0 Å². The standard InChI is InChI=1S/C15H18N2S.C2H6/c1-5-11(3)12(4)18-14-7-6-13-8-10(2)9-16-15(13)17-14;1-2/h5-7,9H,1,8H2,2-4H3,(H,16,17);1-2H3/b12-11-;. The van der Waals surface area contributed by atoms with Crippen LogP contribution in [0.15, 0.2) is 52.1 Å². The van der Waals surface area contributed by atoms with E-state index >= 15 is 0 Å². The van der Waals surface area contributed by atoms with Crippen molar-refractivity contribution in [3.63, 3.8) is 0 Å². The topological polar surface area (TPSA) is 24.9 Å². The fraction of sp³-hybridized carbons (Fsp3) is 0.353. The molecule has 0 saturated carbocycles. The van der Waals surface area contributed by atoms with Gasteiger partial charge < -0.3 is 5.32 Å². The summed E-state index contributed by atoms with van der Waals surface area (Å²) >= 11 is 1.69. The van der Waals surface area contributed by atoms with Gasteiger partial charge in [-0.1, -0.05) is 49.9 Å². The molecule has 108 valence electrons. The van der Waals surface area contributed by atoms with Gasteiger partial charge in [0, 0.05) is 6.20 Å². The molecule has 1 N–H and O–H groups in total. The molecule has 0 atom stereocenters. The Kier molecular flexibility index (Phi) is 6.59. The molecule has 0 fully saturated rings. The molecule has 2 nitrogen and oxygen atoms in total. The monoisotopic (exact) mass is 288 g/mol. The van der Waals surface area contributed by atoms with Crippen LogP contribution in [0.3, 0.4) is 0 Å². The number of allylic oxidation sites excluding steroid dienone is 4. The van der Waals surface area contributed by atoms with Gasteiger partial charge >= 0.3 is 0 Å². The SMILES string of the molecule is C=C/C(C)=C(/C)Sc1ccc2c(n1)NC=C(C)C2.CC. The molecule has 1 aliphatic rings. The highest BCUT2D eigenvalue weighted by Crippen LogP contribution is 2.30. The van der Waals surface area contributed by atoms with Crippen LogP contribution in [0.4, 0.5) is 5.82 Å². The molecule has 0 unspecified atom stereocenters. The molecule has 3 heteroatoms. The average Bonchev–Trinajstić information content (AvgIpc) is 2.48. The van der Waals surface area contributed by atoms with Crippen LogP contribution in [-0.4, -0.2) is 4.98 Å². The fourth-order valence-electron chi connectivity index (χ4n) is 1.72. The Bertz CT molecular complexity index is 542. The Labute approximate surface area is 127 Å². The van der Waals surface area contributed by atoms with Crippen molar-refractivity contribution in [2.24, 2.45) is 0 Å². The van der Waals surface area contributed by atoms with E-state index in [1.807, 2.05) is 26.1 Å². The third kappa shape index (κ3) is 4.27. The van der Waals surface area contributed by atoms with Gasteiger partial charge in [0.2, 0.25) is 0 Å². The van der Waals surface area contributed by atoms with E-state index in [0.717, 1.165) is 17.3 Å². The van der Waals surface area contributed by atoms with Crippen LogP contribution in [0, 0.1) is 0 Å². The Hall–Kier alpha value is -1.48. The minimum atomic E-state index is 0.981. The zero-order chi connectivity index (χ0) is 15.1. The number of nitrogens with one attached hydrogen (secondary N) is 1. The van der Waals surface area contributed by atoms with Gasteiger partial charge in [-0.2, -0.15) is 0 Å². The fourth-order valence-corrected chi connectivity index (χ4v) is 2.55. The summed E-state index contributed by atoms with van der Waals surface area (Å²) in [5, 5.41) is 4.27. The van der Waals surface area contributed by atoms with E-state index in [-0.39, 0.29) is 0 Å². The molecule has 0 saturated heterocycles. The molecule has 0 radical (unpaired) electrons. The molecule has 2 rings (SSSR count). The Balaban J connectivity index is 0.000000956. The van der Waals surface area contributed by atoms with Gasteiger partial charge in [-0.25, -0.2) is 4.98 Å². The second kappa shape index (κ2) is 7.95. The zero-order valence-electron chi connectivity index (χ0n) is 13.1. The van der Waals surface area contributed by atoms with E-state index in [0.29, 0.717) is 0 Å². The minimum Gasteiger partial charge on any atom is -0.346 e. The van der Waals surface area contributed by atoms with E-state index in [4.69, 9.17) is 0 Å². The number of rotatable bonds is 3. The van der Waals surface area contributed by atoms with Crippen LogP contribution in [0.5, 0.6) is 0 Å². The second-order valence-electron chi connectivity index (χ2n) is 4.51. The van der Waals surface area contributed by atoms with Crippen molar-refractivity contribution in [3.05, 3.63) is 52.6 Å². The number of pyridine rings is 1. The highest BCUT2D eigenvalue weighted by Gasteiger charge is 2.10. The van der Waals surface area contributed by atoms with Crippen LogP contribution in [0.1, 0.15) is 40.2 Å². The number of anilines is 1. The highest BCUT2D eigenvalue weighted by molar-refractivity contribution is 8.03. The van der Waals surface area contributed by atoms with E-state index in [1.165, 1.54) is 21.6 Å². The largest absolute Gasteiger partial charge is 0.346 e. The smallest absolute Gasteiger partial charge is 0.134 e. The predicted octanol–water partition coefficient (Wildman–Crippen LogP) is 5.55. The lowest BCUT2D eigenvalue weighted by Crippen LogP contribution is -2.06. The van der Waals surface area contributed by atoms with Crippen molar-refractivity contribution in [1.29, 1.82) is 0 Å². The first-order chi connectivity index (χ1) is 9.60. The highest BCUT2D eigenvalue weighted by atomic mass is 32.2. The number of hydrogen-bond donors (Lipinski definition) is 1. The van der Waals surface area contributed by atoms with Gasteiger partial charge in [0.25, 0.3) is 0 Å². The van der Waals surface area contributed by atoms with Crippen molar-refractivity contribution in [2.75, 3.05) is 5.32 Å². The summed E-state index contributed by atoms with van der Waals surface area (Å²) in [5.74, 6) is 0.981. The molecule has 1 aliphatic heterocycles. The lowest BCUT2D eigenvalue weighted by atomic mass is 10.1. The van der Waals surface area contributed by atoms with Crippen LogP contribution >= 0.6 is 11.8 Å². The summed E-state index contributed by atoms with van der Waals surface area (Å²) in [6.07, 6.45) is 4.90. The molecule has 1 aromatic rings. The molecule has 0 bridgehead atoms. The summed E-state index contributed by atoms with van der Waals surface area (Å²) in [4.78, 5) is 5.88. The third-order valence-corrected chi connectivity index (χ3v) is 4.06. The van der Waals surface area contributed by atoms with Gasteiger partial charge in [0.1, 0.15) is 10.8 Å². The van der Waals surface area contributed by atoms with Crippen molar-refractivity contribution < 1.29 is 0 Å². The van der Waals surface area contributed by atoms with Crippen LogP contribution < -0.4 is 5.32 Å². The predicted molar refractivity (Wildman–Crippen MR) is 91.1 cm³/mol. The normalized spacial score (nSPS) is 13.9. The molecule has 2 heterocycles. The summed E-state index contributed by atoms with van der Waals surface area (Å²) in [7, 11) is 0. The van der Waals surface area contributed by atoms with Crippen LogP contribution in [0.25, 0.3) is 0 Å². The molecule has 20 heavy (non-hydrogen) atoms. The van der Waals surface area contributed by atoms with Crippen molar-refractivity contribution >= 4 is 17.6 Å². The molecular weight excluding hydrogens is 264 g/mol. The first-order valence-electron chi connectivity index (χ1n) is 7.00. The molecule has 0 spiro atoms. The average molecular weight is 288 g/mol. The summed E-state index contributed by atoms with van der Waals surface area (Å²) in [5.41, 5.74) is 3.80. The molecule has 0 aromatic carbocycles. The lowest BCUT2D eigenvalue weighted by Gasteiger charge is -2.16. The van der Waals surface area contributed by atoms with Crippen LogP contribution in [-0.2, 0) is 6.42 Å². The number of fused-ring (bicyclic) bond motifs is 1. The summed E-state index contributed by atoms with van der Waals surface area (Å²) in [6, 6.07) is 4.24. The Morgan fingerprint density at radius 1 is 1.35 bits per heavy atom. The number of nitrogens with zero attached hydrogens (tertiary/aromatic N) is 1. The van der Waals surface area contributed by atoms with E-state index in [2.05, 4.69) is 49.8 Å². The van der Waals surface area contributed by atoms with Gasteiger partial charge in [-0.3, -0.25) is 0 Å². The lowest BCUT2D eigenvalue weighted by molar-refractivity contribution is 1.03. The van der Waals surface area contributed by atoms with Gasteiger partial charge in [-0.05, 0) is 49.3 Å². The Morgan fingerprint density at radius 2 is 2.05 bits per heavy atom. The van der Waals surface area contributed by atoms with Crippen molar-refractivity contribution in [3.8, 4) is 0 Å². The van der Waals surface area contributed by atoms with E-state index in [9.17, 15) is 0 Å². The molecule has 0 aliphatic carbocycles. The third-order valence-electron chi connectivity index (χ3n) is 3.00. The first kappa shape index (κ1) is 16.6. The van der Waals surface area contributed by atoms with E-state index < -0.39 is 0 Å². The maximum Gasteiger partial charge on any atom is 0.134 e. The second-order valence-corrected chi connectivity index (χ2v) is 5.75. The maximum atomic E-state index is 4.64. The molecular formula is C17H24N2S. The molecule has 1 aromatic heterocycles. The number of hydrogen-bond acceptors (Lipinski definition) is 3. The zero-order valence-corrected chi connectivity index (χ0v) is 13.9. The number of aromatic nitrogens is 1. The van der Waals surface area contributed by atoms with Crippen LogP contribution in [0.2, 0.25) is 0 Å². The summed E-state index contributed by atoms with van der Waals surface area (Å²) in [6.45, 7) is 14.1. The first-order valence-corrected chi connectivity index (χ1v) is 7.81. The van der Waals surface area contributed by atoms with Crippen molar-refractivity contribution in [2.45, 2.75) is 46.1 Å². The number of thioether (sulfide) groups is 1. The van der Waals surface area contributed by atoms with Gasteiger partial charge in [0.05, 0.1) is 0 Å². The van der Waals surface area contributed by atoms with Crippen molar-refractivity contribution in [1.82, 2.24) is 4.98 Å². The molecule has 0 amide bonds. The maximum absolute atomic E-state index is 4.64. The summed E-state index contributed by atoms with van der Waals surface area (Å²) < 4.78 is 0. The van der Waals surface area contributed by atoms with Gasteiger partial charge in [0.15, 0.2) is 0 Å². The Morgan fingerprint density at radius 3 is 2.70 bits per heavy atom. The van der Waals surface area contributed by atoms with E-state index in [1.54, 1.807) is 11.8 Å². The quantitative estimate of drug-likeness (QED) is 0.583.